The molecule has 0 bridgehead atoms. The zero-order chi connectivity index (χ0) is 30.7. The van der Waals surface area contributed by atoms with Crippen LogP contribution in [0.25, 0.3) is 22.3 Å². The van der Waals surface area contributed by atoms with Gasteiger partial charge < -0.3 is 15.6 Å². The Morgan fingerprint density at radius 2 is 1.70 bits per heavy atom. The van der Waals surface area contributed by atoms with Gasteiger partial charge in [0.1, 0.15) is 23.0 Å². The number of aryl methyl sites for hydroxylation is 1. The number of nitrogens with zero attached hydrogens (tertiary/aromatic N) is 3. The first-order valence-electron chi connectivity index (χ1n) is 13.2. The molecular formula is C29H27F5N6O2S. The van der Waals surface area contributed by atoms with Crippen molar-refractivity contribution in [3.63, 3.8) is 0 Å². The predicted octanol–water partition coefficient (Wildman–Crippen LogP) is 6.81. The van der Waals surface area contributed by atoms with Crippen LogP contribution in [0.2, 0.25) is 0 Å². The SMILES string of the molecule is O=C(Cn1c(-c2ccc(S(F)(F)(F)(F)F)cc2)ncc(NCCCc2ccccc2)c1=O)NCc1cc2cnccc2[nH]1. The second kappa shape index (κ2) is 10.8. The van der Waals surface area contributed by atoms with Crippen molar-refractivity contribution in [3.05, 3.63) is 107 Å². The summed E-state index contributed by atoms with van der Waals surface area (Å²) in [6.45, 7) is -0.0158. The van der Waals surface area contributed by atoms with E-state index in [2.05, 4.69) is 25.6 Å². The Balaban J connectivity index is 1.37. The number of benzene rings is 2. The van der Waals surface area contributed by atoms with Crippen LogP contribution in [0.5, 0.6) is 0 Å². The van der Waals surface area contributed by atoms with Crippen LogP contribution in [0.4, 0.5) is 25.1 Å². The summed E-state index contributed by atoms with van der Waals surface area (Å²) in [5.41, 5.74) is 2.01. The molecule has 0 atom stereocenters. The molecule has 0 aliphatic heterocycles. The largest absolute Gasteiger partial charge is 0.379 e. The third-order valence-corrected chi connectivity index (χ3v) is 7.82. The number of carbonyl (C=O) groups is 1. The van der Waals surface area contributed by atoms with Crippen molar-refractivity contribution in [1.82, 2.24) is 24.8 Å². The van der Waals surface area contributed by atoms with Crippen LogP contribution in [0.3, 0.4) is 0 Å². The van der Waals surface area contributed by atoms with Gasteiger partial charge in [-0.1, -0.05) is 49.8 Å². The number of nitrogens with one attached hydrogen (secondary N) is 3. The Bertz CT molecular complexity index is 1790. The topological polar surface area (TPSA) is 105 Å². The Kier molecular flexibility index (Phi) is 7.50. The quantitative estimate of drug-likeness (QED) is 0.112. The van der Waals surface area contributed by atoms with E-state index in [1.807, 2.05) is 36.4 Å². The summed E-state index contributed by atoms with van der Waals surface area (Å²) in [5, 5.41) is 6.55. The molecule has 226 valence electrons. The number of anilines is 1. The zero-order valence-corrected chi connectivity index (χ0v) is 23.4. The fraction of sp³-hybridized carbons (Fsp3) is 0.172. The smallest absolute Gasteiger partial charge is 0.310 e. The Morgan fingerprint density at radius 1 is 0.953 bits per heavy atom. The minimum atomic E-state index is -9.90. The number of hydrogen-bond donors (Lipinski definition) is 3. The molecular weight excluding hydrogens is 591 g/mol. The molecule has 5 aromatic rings. The molecule has 0 fully saturated rings. The maximum absolute atomic E-state index is 13.5. The number of hydrogen-bond acceptors (Lipinski definition) is 5. The minimum Gasteiger partial charge on any atom is -0.379 e. The van der Waals surface area contributed by atoms with Gasteiger partial charge in [0.15, 0.2) is 0 Å². The predicted molar refractivity (Wildman–Crippen MR) is 157 cm³/mol. The summed E-state index contributed by atoms with van der Waals surface area (Å²) in [7, 11) is -9.90. The average Bonchev–Trinajstić information content (AvgIpc) is 3.39. The highest BCUT2D eigenvalue weighted by Crippen LogP contribution is 3.02. The Morgan fingerprint density at radius 3 is 2.40 bits per heavy atom. The van der Waals surface area contributed by atoms with Crippen molar-refractivity contribution in [2.24, 2.45) is 0 Å². The molecule has 3 heterocycles. The highest BCUT2D eigenvalue weighted by molar-refractivity contribution is 8.45. The van der Waals surface area contributed by atoms with Gasteiger partial charge in [0.2, 0.25) is 5.91 Å². The monoisotopic (exact) mass is 618 g/mol. The summed E-state index contributed by atoms with van der Waals surface area (Å²) < 4.78 is 67.3. The normalized spacial score (nSPS) is 13.3. The van der Waals surface area contributed by atoms with Gasteiger partial charge in [0.05, 0.1) is 12.7 Å². The van der Waals surface area contributed by atoms with Crippen molar-refractivity contribution < 1.29 is 24.2 Å². The van der Waals surface area contributed by atoms with Crippen LogP contribution in [0.1, 0.15) is 17.7 Å². The number of rotatable bonds is 11. The fourth-order valence-electron chi connectivity index (χ4n) is 4.53. The van der Waals surface area contributed by atoms with Crippen molar-refractivity contribution in [3.8, 4) is 11.4 Å². The molecule has 0 aliphatic carbocycles. The molecule has 3 N–H and O–H groups in total. The van der Waals surface area contributed by atoms with Gasteiger partial charge in [-0.25, -0.2) is 4.98 Å². The van der Waals surface area contributed by atoms with E-state index < -0.39 is 33.1 Å². The third-order valence-electron chi connectivity index (χ3n) is 6.66. The molecule has 14 heteroatoms. The van der Waals surface area contributed by atoms with E-state index in [0.29, 0.717) is 18.7 Å². The third kappa shape index (κ3) is 7.38. The van der Waals surface area contributed by atoms with Crippen LogP contribution in [-0.2, 0) is 24.3 Å². The number of H-pyrrole nitrogens is 1. The molecule has 8 nitrogen and oxygen atoms in total. The second-order valence-corrected chi connectivity index (χ2v) is 12.3. The Labute approximate surface area is 242 Å². The van der Waals surface area contributed by atoms with Crippen LogP contribution < -0.4 is 16.2 Å². The van der Waals surface area contributed by atoms with Crippen molar-refractivity contribution in [2.45, 2.75) is 30.8 Å². The fourth-order valence-corrected chi connectivity index (χ4v) is 5.18. The molecule has 2 aromatic carbocycles. The van der Waals surface area contributed by atoms with Crippen molar-refractivity contribution in [2.75, 3.05) is 11.9 Å². The van der Waals surface area contributed by atoms with Crippen LogP contribution in [0, 0.1) is 0 Å². The standard InChI is InChI=1S/C29H27F5N6O2S/c30-43(31,32,33,34)24-10-8-21(9-11-24)28-38-18-26(36-13-4-7-20-5-2-1-3-6-20)29(42)40(28)19-27(41)37-17-23-15-22-16-35-14-12-25(22)39-23/h1-3,5-6,8-12,14-16,18,36,39H,4,7,13,17,19H2,(H,37,41). The summed E-state index contributed by atoms with van der Waals surface area (Å²) in [5.74, 6) is -0.729. The molecule has 0 aliphatic rings. The first kappa shape index (κ1) is 29.8. The second-order valence-electron chi connectivity index (χ2n) is 9.93. The number of pyridine rings is 1. The van der Waals surface area contributed by atoms with E-state index in [-0.39, 0.29) is 35.8 Å². The van der Waals surface area contributed by atoms with Gasteiger partial charge >= 0.3 is 10.2 Å². The molecule has 0 saturated heterocycles. The number of aromatic amines is 1. The van der Waals surface area contributed by atoms with Crippen LogP contribution in [0.15, 0.2) is 95.0 Å². The van der Waals surface area contributed by atoms with E-state index in [1.165, 1.54) is 6.20 Å². The molecule has 0 unspecified atom stereocenters. The lowest BCUT2D eigenvalue weighted by atomic mass is 10.1. The summed E-state index contributed by atoms with van der Waals surface area (Å²) in [6.07, 6.45) is 5.93. The summed E-state index contributed by atoms with van der Waals surface area (Å²) in [6, 6.07) is 15.4. The number of amides is 1. The maximum Gasteiger partial charge on any atom is 0.310 e. The zero-order valence-electron chi connectivity index (χ0n) is 22.6. The molecule has 0 saturated carbocycles. The number of carbonyl (C=O) groups excluding carboxylic acids is 1. The first-order valence-corrected chi connectivity index (χ1v) is 15.1. The molecule has 43 heavy (non-hydrogen) atoms. The van der Waals surface area contributed by atoms with Crippen molar-refractivity contribution >= 4 is 32.7 Å². The van der Waals surface area contributed by atoms with Crippen LogP contribution >= 0.6 is 10.2 Å². The lowest BCUT2D eigenvalue weighted by Crippen LogP contribution is -2.34. The van der Waals surface area contributed by atoms with E-state index in [0.717, 1.165) is 39.6 Å². The van der Waals surface area contributed by atoms with E-state index in [1.54, 1.807) is 18.5 Å². The van der Waals surface area contributed by atoms with Gasteiger partial charge in [0.25, 0.3) is 5.56 Å². The average molecular weight is 619 g/mol. The highest BCUT2D eigenvalue weighted by Gasteiger charge is 2.65. The molecule has 3 aromatic heterocycles. The van der Waals surface area contributed by atoms with E-state index in [9.17, 15) is 29.0 Å². The molecule has 5 rings (SSSR count). The van der Waals surface area contributed by atoms with E-state index >= 15 is 0 Å². The van der Waals surface area contributed by atoms with Gasteiger partial charge in [-0.05, 0) is 54.8 Å². The lowest BCUT2D eigenvalue weighted by Gasteiger charge is -2.40. The minimum absolute atomic E-state index is 0.0470. The van der Waals surface area contributed by atoms with Gasteiger partial charge in [-0.2, -0.15) is 0 Å². The molecule has 1 amide bonds. The molecule has 0 radical (unpaired) electrons. The summed E-state index contributed by atoms with van der Waals surface area (Å²) in [4.78, 5) is 35.7. The maximum atomic E-state index is 13.5. The number of aromatic nitrogens is 4. The summed E-state index contributed by atoms with van der Waals surface area (Å²) >= 11 is 0. The van der Waals surface area contributed by atoms with Gasteiger partial charge in [-0.15, -0.1) is 0 Å². The highest BCUT2D eigenvalue weighted by atomic mass is 32.5. The first-order chi connectivity index (χ1) is 20.3. The van der Waals surface area contributed by atoms with Crippen LogP contribution in [-0.4, -0.2) is 32.0 Å². The van der Waals surface area contributed by atoms with E-state index in [4.69, 9.17) is 0 Å². The lowest BCUT2D eigenvalue weighted by molar-refractivity contribution is -0.121. The number of fused-ring (bicyclic) bond motifs is 1. The Hall–Kier alpha value is -4.72. The molecule has 0 spiro atoms. The number of halogens is 5. The van der Waals surface area contributed by atoms with Crippen molar-refractivity contribution in [1.29, 1.82) is 0 Å². The van der Waals surface area contributed by atoms with Gasteiger partial charge in [0, 0.05) is 41.1 Å². The van der Waals surface area contributed by atoms with Gasteiger partial charge in [-0.3, -0.25) is 19.1 Å².